The van der Waals surface area contributed by atoms with Gasteiger partial charge in [-0.2, -0.15) is 13.2 Å². The normalized spacial score (nSPS) is 27.4. The molecule has 3 aromatic rings. The van der Waals surface area contributed by atoms with Gasteiger partial charge in [0.15, 0.2) is 5.69 Å². The van der Waals surface area contributed by atoms with E-state index in [1.165, 1.54) is 19.2 Å². The molecule has 204 valence electrons. The number of alkyl halides is 3. The lowest BCUT2D eigenvalue weighted by Crippen LogP contribution is -2.42. The molecule has 2 aliphatic heterocycles. The van der Waals surface area contributed by atoms with E-state index in [1.807, 2.05) is 12.1 Å². The van der Waals surface area contributed by atoms with Crippen LogP contribution in [0.4, 0.5) is 19.0 Å². The molecule has 2 saturated heterocycles. The standard InChI is InChI=1S/C29H28F3N3O4/c1-37-28(36)21-7-4-8-23(33-21)35-16-11-12-22(35)24-18(13-16)27(24)38-14-19-25(34-39-26(19)15-9-10-15)17-5-2-3-6-20(17)29(30,31)32/h2-8,15-16,18,22,24,27H,9-14H2,1H3/t16?,18?,22?,24?,27-/m0/s1. The molecule has 4 unspecified atom stereocenters. The van der Waals surface area contributed by atoms with Crippen molar-refractivity contribution in [2.24, 2.45) is 11.8 Å². The lowest BCUT2D eigenvalue weighted by Gasteiger charge is -2.35. The second-order valence-electron chi connectivity index (χ2n) is 11.0. The maximum atomic E-state index is 13.8. The van der Waals surface area contributed by atoms with Crippen LogP contribution in [0, 0.1) is 11.8 Å². The van der Waals surface area contributed by atoms with E-state index >= 15 is 0 Å². The van der Waals surface area contributed by atoms with E-state index in [2.05, 4.69) is 15.0 Å². The van der Waals surface area contributed by atoms with E-state index in [0.717, 1.165) is 44.0 Å². The summed E-state index contributed by atoms with van der Waals surface area (Å²) in [5.74, 6) is 1.85. The highest BCUT2D eigenvalue weighted by Crippen LogP contribution is 2.59. The van der Waals surface area contributed by atoms with Gasteiger partial charge in [0.25, 0.3) is 0 Å². The Morgan fingerprint density at radius 2 is 1.92 bits per heavy atom. The molecule has 0 spiro atoms. The SMILES string of the molecule is COC(=O)c1cccc(N2C3CCC2C2C(C3)[C@@H]2OCc2c(-c3ccccc3C(F)(F)F)noc2C2CC2)n1. The third-order valence-electron chi connectivity index (χ3n) is 8.76. The summed E-state index contributed by atoms with van der Waals surface area (Å²) in [4.78, 5) is 18.9. The summed E-state index contributed by atoms with van der Waals surface area (Å²) >= 11 is 0. The van der Waals surface area contributed by atoms with E-state index in [1.54, 1.807) is 12.1 Å². The largest absolute Gasteiger partial charge is 0.464 e. The molecule has 2 saturated carbocycles. The van der Waals surface area contributed by atoms with E-state index in [0.29, 0.717) is 29.2 Å². The van der Waals surface area contributed by atoms with Crippen LogP contribution in [-0.4, -0.2) is 41.4 Å². The number of anilines is 1. The Morgan fingerprint density at radius 1 is 1.10 bits per heavy atom. The van der Waals surface area contributed by atoms with E-state index < -0.39 is 17.7 Å². The first-order valence-electron chi connectivity index (χ1n) is 13.5. The molecule has 4 aliphatic rings. The van der Waals surface area contributed by atoms with E-state index in [4.69, 9.17) is 14.0 Å². The van der Waals surface area contributed by atoms with E-state index in [9.17, 15) is 18.0 Å². The zero-order valence-corrected chi connectivity index (χ0v) is 21.4. The molecule has 0 N–H and O–H groups in total. The molecule has 2 bridgehead atoms. The fraction of sp³-hybridized carbons (Fsp3) is 0.483. The van der Waals surface area contributed by atoms with Crippen molar-refractivity contribution in [1.29, 1.82) is 0 Å². The van der Waals surface area contributed by atoms with Crippen molar-refractivity contribution >= 4 is 11.8 Å². The van der Waals surface area contributed by atoms with Gasteiger partial charge in [-0.3, -0.25) is 0 Å². The third kappa shape index (κ3) is 4.20. The van der Waals surface area contributed by atoms with Crippen LogP contribution in [0.15, 0.2) is 47.0 Å². The van der Waals surface area contributed by atoms with Crippen LogP contribution in [-0.2, 0) is 22.3 Å². The number of aromatic nitrogens is 2. The number of nitrogens with zero attached hydrogens (tertiary/aromatic N) is 3. The Bertz CT molecular complexity index is 1420. The Labute approximate surface area is 223 Å². The summed E-state index contributed by atoms with van der Waals surface area (Å²) in [6.45, 7) is 0.169. The number of piperidine rings is 1. The minimum Gasteiger partial charge on any atom is -0.464 e. The van der Waals surface area contributed by atoms with Crippen molar-refractivity contribution in [3.63, 3.8) is 0 Å². The molecule has 1 aromatic carbocycles. The van der Waals surface area contributed by atoms with Gasteiger partial charge in [-0.05, 0) is 56.2 Å². The number of benzene rings is 1. The molecular formula is C29H28F3N3O4. The van der Waals surface area contributed by atoms with Crippen LogP contribution in [0.25, 0.3) is 11.3 Å². The molecule has 0 radical (unpaired) electrons. The number of esters is 1. The van der Waals surface area contributed by atoms with E-state index in [-0.39, 0.29) is 41.6 Å². The summed E-state index contributed by atoms with van der Waals surface area (Å²) in [6.07, 6.45) is 0.422. The Morgan fingerprint density at radius 3 is 2.69 bits per heavy atom. The Hall–Kier alpha value is -3.40. The van der Waals surface area contributed by atoms with Crippen LogP contribution < -0.4 is 4.90 Å². The second kappa shape index (κ2) is 9.08. The summed E-state index contributed by atoms with van der Waals surface area (Å²) in [5, 5.41) is 4.12. The minimum absolute atomic E-state index is 0.0132. The first-order valence-corrected chi connectivity index (χ1v) is 13.5. The number of halogens is 3. The highest BCUT2D eigenvalue weighted by atomic mass is 19.4. The number of hydrogen-bond acceptors (Lipinski definition) is 7. The quantitative estimate of drug-likeness (QED) is 0.341. The van der Waals surface area contributed by atoms with Crippen LogP contribution in [0.1, 0.15) is 65.4 Å². The number of rotatable bonds is 7. The van der Waals surface area contributed by atoms with Gasteiger partial charge >= 0.3 is 12.1 Å². The summed E-state index contributed by atoms with van der Waals surface area (Å²) in [5.41, 5.74) is 0.436. The van der Waals surface area contributed by atoms with Crippen molar-refractivity contribution in [3.05, 3.63) is 65.0 Å². The monoisotopic (exact) mass is 539 g/mol. The predicted octanol–water partition coefficient (Wildman–Crippen LogP) is 5.99. The van der Waals surface area contributed by atoms with Gasteiger partial charge in [0, 0.05) is 35.0 Å². The van der Waals surface area contributed by atoms with Crippen molar-refractivity contribution in [2.45, 2.75) is 69.0 Å². The molecule has 0 amide bonds. The molecular weight excluding hydrogens is 511 g/mol. The first kappa shape index (κ1) is 24.6. The summed E-state index contributed by atoms with van der Waals surface area (Å²) in [7, 11) is 1.34. The molecule has 10 heteroatoms. The number of fused-ring (bicyclic) bond motifs is 4. The van der Waals surface area contributed by atoms with Gasteiger partial charge in [-0.1, -0.05) is 29.4 Å². The van der Waals surface area contributed by atoms with Gasteiger partial charge in [0.2, 0.25) is 0 Å². The highest BCUT2D eigenvalue weighted by molar-refractivity contribution is 5.87. The first-order chi connectivity index (χ1) is 18.8. The third-order valence-corrected chi connectivity index (χ3v) is 8.76. The lowest BCUT2D eigenvalue weighted by atomic mass is 9.99. The van der Waals surface area contributed by atoms with Crippen molar-refractivity contribution in [1.82, 2.24) is 10.1 Å². The number of carbonyl (C=O) groups is 1. The molecule has 2 aliphatic carbocycles. The van der Waals surface area contributed by atoms with Crippen LogP contribution >= 0.6 is 0 Å². The minimum atomic E-state index is -4.50. The molecule has 7 rings (SSSR count). The lowest BCUT2D eigenvalue weighted by molar-refractivity contribution is -0.137. The highest BCUT2D eigenvalue weighted by Gasteiger charge is 2.63. The van der Waals surface area contributed by atoms with Crippen molar-refractivity contribution in [3.8, 4) is 11.3 Å². The number of ether oxygens (including phenoxy) is 2. The fourth-order valence-electron chi connectivity index (χ4n) is 6.83. The van der Waals surface area contributed by atoms with Gasteiger partial charge in [-0.15, -0.1) is 0 Å². The van der Waals surface area contributed by atoms with Gasteiger partial charge < -0.3 is 18.9 Å². The van der Waals surface area contributed by atoms with Crippen molar-refractivity contribution < 1.29 is 32.0 Å². The average Bonchev–Trinajstić information content (AvgIpc) is 3.83. The second-order valence-corrected chi connectivity index (χ2v) is 11.0. The number of pyridine rings is 1. The average molecular weight is 540 g/mol. The topological polar surface area (TPSA) is 77.7 Å². The maximum absolute atomic E-state index is 13.8. The van der Waals surface area contributed by atoms with Gasteiger partial charge in [0.05, 0.1) is 25.4 Å². The Kier molecular flexibility index (Phi) is 5.73. The molecule has 4 fully saturated rings. The van der Waals surface area contributed by atoms with Crippen LogP contribution in [0.3, 0.4) is 0 Å². The molecule has 39 heavy (non-hydrogen) atoms. The number of carbonyl (C=O) groups excluding carboxylic acids is 1. The number of hydrogen-bond donors (Lipinski definition) is 0. The Balaban J connectivity index is 1.12. The predicted molar refractivity (Wildman–Crippen MR) is 134 cm³/mol. The fourth-order valence-corrected chi connectivity index (χ4v) is 6.83. The molecule has 4 heterocycles. The van der Waals surface area contributed by atoms with Crippen molar-refractivity contribution in [2.75, 3.05) is 12.0 Å². The van der Waals surface area contributed by atoms with Crippen LogP contribution in [0.2, 0.25) is 0 Å². The van der Waals surface area contributed by atoms with Crippen LogP contribution in [0.5, 0.6) is 0 Å². The molecule has 5 atom stereocenters. The summed E-state index contributed by atoms with van der Waals surface area (Å²) in [6, 6.07) is 11.5. The maximum Gasteiger partial charge on any atom is 0.417 e. The van der Waals surface area contributed by atoms with Gasteiger partial charge in [0.1, 0.15) is 17.3 Å². The molecule has 7 nitrogen and oxygen atoms in total. The smallest absolute Gasteiger partial charge is 0.417 e. The zero-order valence-electron chi connectivity index (χ0n) is 21.4. The molecule has 2 aromatic heterocycles. The van der Waals surface area contributed by atoms with Gasteiger partial charge in [-0.25, -0.2) is 9.78 Å². The zero-order chi connectivity index (χ0) is 26.9. The number of methoxy groups -OCH3 is 1. The summed E-state index contributed by atoms with van der Waals surface area (Å²) < 4.78 is 58.3.